The molecule has 1 aromatic rings. The molecular formula is C16H22N2O2. The fraction of sp³-hybridized carbons (Fsp3) is 0.500. The summed E-state index contributed by atoms with van der Waals surface area (Å²) in [7, 11) is 0. The number of rotatable bonds is 6. The molecule has 108 valence electrons. The monoisotopic (exact) mass is 274 g/mol. The van der Waals surface area contributed by atoms with E-state index in [0.717, 1.165) is 12.0 Å². The van der Waals surface area contributed by atoms with Crippen molar-refractivity contribution in [1.29, 1.82) is 0 Å². The van der Waals surface area contributed by atoms with Crippen LogP contribution < -0.4 is 10.6 Å². The number of hydrogen-bond donors (Lipinski definition) is 2. The smallest absolute Gasteiger partial charge is 0.223 e. The van der Waals surface area contributed by atoms with Crippen molar-refractivity contribution in [2.75, 3.05) is 6.54 Å². The van der Waals surface area contributed by atoms with E-state index in [4.69, 9.17) is 0 Å². The number of amides is 2. The van der Waals surface area contributed by atoms with E-state index in [-0.39, 0.29) is 17.7 Å². The number of benzene rings is 1. The zero-order valence-corrected chi connectivity index (χ0v) is 12.1. The Kier molecular flexibility index (Phi) is 4.77. The van der Waals surface area contributed by atoms with Crippen molar-refractivity contribution in [1.82, 2.24) is 10.6 Å². The van der Waals surface area contributed by atoms with Gasteiger partial charge in [-0.2, -0.15) is 0 Å². The second kappa shape index (κ2) is 6.55. The lowest BCUT2D eigenvalue weighted by molar-refractivity contribution is -0.123. The van der Waals surface area contributed by atoms with Crippen LogP contribution in [0.25, 0.3) is 0 Å². The van der Waals surface area contributed by atoms with E-state index in [2.05, 4.69) is 17.6 Å². The Hall–Kier alpha value is -1.84. The highest BCUT2D eigenvalue weighted by molar-refractivity contribution is 5.82. The zero-order valence-electron chi connectivity index (χ0n) is 12.1. The van der Waals surface area contributed by atoms with Crippen molar-refractivity contribution in [2.45, 2.75) is 33.2 Å². The summed E-state index contributed by atoms with van der Waals surface area (Å²) >= 11 is 0. The molecule has 1 aliphatic rings. The van der Waals surface area contributed by atoms with E-state index in [1.54, 1.807) is 0 Å². The highest BCUT2D eigenvalue weighted by Crippen LogP contribution is 2.37. The van der Waals surface area contributed by atoms with Gasteiger partial charge in [0.25, 0.3) is 0 Å². The highest BCUT2D eigenvalue weighted by Gasteiger charge is 2.38. The fourth-order valence-corrected chi connectivity index (χ4v) is 2.21. The van der Waals surface area contributed by atoms with Crippen LogP contribution in [-0.2, 0) is 16.1 Å². The summed E-state index contributed by atoms with van der Waals surface area (Å²) in [6, 6.07) is 7.98. The summed E-state index contributed by atoms with van der Waals surface area (Å²) in [5, 5.41) is 5.69. The zero-order chi connectivity index (χ0) is 14.5. The van der Waals surface area contributed by atoms with Crippen molar-refractivity contribution >= 4 is 11.8 Å². The van der Waals surface area contributed by atoms with Crippen LogP contribution in [0.15, 0.2) is 24.3 Å². The predicted molar refractivity (Wildman–Crippen MR) is 77.9 cm³/mol. The molecule has 2 atom stereocenters. The second-order valence-corrected chi connectivity index (χ2v) is 5.56. The van der Waals surface area contributed by atoms with E-state index in [1.165, 1.54) is 5.56 Å². The van der Waals surface area contributed by atoms with Gasteiger partial charge in [-0.15, -0.1) is 0 Å². The second-order valence-electron chi connectivity index (χ2n) is 5.56. The van der Waals surface area contributed by atoms with Gasteiger partial charge in [-0.05, 0) is 30.4 Å². The van der Waals surface area contributed by atoms with Crippen molar-refractivity contribution in [3.8, 4) is 0 Å². The molecule has 4 nitrogen and oxygen atoms in total. The van der Waals surface area contributed by atoms with Gasteiger partial charge in [0.15, 0.2) is 0 Å². The van der Waals surface area contributed by atoms with E-state index in [1.807, 2.05) is 31.2 Å². The fourth-order valence-electron chi connectivity index (χ4n) is 2.21. The maximum Gasteiger partial charge on any atom is 0.223 e. The van der Waals surface area contributed by atoms with Crippen LogP contribution in [0.5, 0.6) is 0 Å². The molecule has 0 aliphatic heterocycles. The quantitative estimate of drug-likeness (QED) is 0.830. The average molecular weight is 274 g/mol. The van der Waals surface area contributed by atoms with Crippen molar-refractivity contribution in [3.63, 3.8) is 0 Å². The third-order valence-corrected chi connectivity index (χ3v) is 3.83. The molecule has 0 radical (unpaired) electrons. The van der Waals surface area contributed by atoms with E-state index < -0.39 is 0 Å². The molecule has 2 amide bonds. The van der Waals surface area contributed by atoms with Crippen molar-refractivity contribution < 1.29 is 9.59 Å². The van der Waals surface area contributed by atoms with Gasteiger partial charge in [0.05, 0.1) is 0 Å². The van der Waals surface area contributed by atoms with E-state index >= 15 is 0 Å². The lowest BCUT2D eigenvalue weighted by atomic mass is 10.1. The first-order valence-corrected chi connectivity index (χ1v) is 7.17. The minimum Gasteiger partial charge on any atom is -0.355 e. The van der Waals surface area contributed by atoms with E-state index in [9.17, 15) is 9.59 Å². The van der Waals surface area contributed by atoms with Gasteiger partial charge in [-0.3, -0.25) is 9.59 Å². The summed E-state index contributed by atoms with van der Waals surface area (Å²) in [5.74, 6) is 0.733. The Morgan fingerprint density at radius 1 is 1.25 bits per heavy atom. The molecule has 0 aromatic heterocycles. The first-order chi connectivity index (χ1) is 9.58. The lowest BCUT2D eigenvalue weighted by Gasteiger charge is -2.08. The molecule has 0 heterocycles. The molecule has 1 fully saturated rings. The summed E-state index contributed by atoms with van der Waals surface area (Å²) in [6.07, 6.45) is 1.31. The molecule has 2 N–H and O–H groups in total. The SMILES string of the molecule is Cc1ccccc1CNC(=O)CCNC(=O)C1CC1C. The lowest BCUT2D eigenvalue weighted by Crippen LogP contribution is -2.31. The molecule has 2 unspecified atom stereocenters. The molecule has 1 saturated carbocycles. The largest absolute Gasteiger partial charge is 0.355 e. The normalized spacial score (nSPS) is 20.3. The van der Waals surface area contributed by atoms with Crippen LogP contribution in [-0.4, -0.2) is 18.4 Å². The first-order valence-electron chi connectivity index (χ1n) is 7.17. The number of aryl methyl sites for hydroxylation is 1. The van der Waals surface area contributed by atoms with Gasteiger partial charge in [0.2, 0.25) is 11.8 Å². The van der Waals surface area contributed by atoms with Crippen LogP contribution in [0.3, 0.4) is 0 Å². The number of carbonyl (C=O) groups is 2. The Bertz CT molecular complexity index is 499. The van der Waals surface area contributed by atoms with Crippen LogP contribution in [0.2, 0.25) is 0 Å². The van der Waals surface area contributed by atoms with E-state index in [0.29, 0.717) is 25.4 Å². The topological polar surface area (TPSA) is 58.2 Å². The Labute approximate surface area is 119 Å². The van der Waals surface area contributed by atoms with Crippen LogP contribution in [0.1, 0.15) is 30.9 Å². The average Bonchev–Trinajstić information content (AvgIpc) is 3.15. The maximum absolute atomic E-state index is 11.7. The highest BCUT2D eigenvalue weighted by atomic mass is 16.2. The molecule has 1 aliphatic carbocycles. The number of carbonyl (C=O) groups excluding carboxylic acids is 2. The molecule has 2 rings (SSSR count). The van der Waals surface area contributed by atoms with Gasteiger partial charge in [-0.1, -0.05) is 31.2 Å². The molecule has 0 saturated heterocycles. The van der Waals surface area contributed by atoms with Gasteiger partial charge in [0.1, 0.15) is 0 Å². The Morgan fingerprint density at radius 3 is 2.60 bits per heavy atom. The number of hydrogen-bond acceptors (Lipinski definition) is 2. The molecule has 0 bridgehead atoms. The van der Waals surface area contributed by atoms with Crippen LogP contribution in [0, 0.1) is 18.8 Å². The Morgan fingerprint density at radius 2 is 1.95 bits per heavy atom. The van der Waals surface area contributed by atoms with Crippen LogP contribution >= 0.6 is 0 Å². The molecule has 1 aromatic carbocycles. The maximum atomic E-state index is 11.7. The molecular weight excluding hydrogens is 252 g/mol. The standard InChI is InChI=1S/C16H22N2O2/c1-11-5-3-4-6-13(11)10-18-15(19)7-8-17-16(20)14-9-12(14)2/h3-6,12,14H,7-10H2,1-2H3,(H,17,20)(H,18,19). The van der Waals surface area contributed by atoms with Crippen molar-refractivity contribution in [3.05, 3.63) is 35.4 Å². The third-order valence-electron chi connectivity index (χ3n) is 3.83. The summed E-state index contributed by atoms with van der Waals surface area (Å²) in [6.45, 7) is 5.05. The minimum absolute atomic E-state index is 0.0302. The third kappa shape index (κ3) is 4.08. The first kappa shape index (κ1) is 14.6. The van der Waals surface area contributed by atoms with Gasteiger partial charge < -0.3 is 10.6 Å². The minimum atomic E-state index is -0.0302. The summed E-state index contributed by atoms with van der Waals surface area (Å²) < 4.78 is 0. The number of nitrogens with one attached hydrogen (secondary N) is 2. The van der Waals surface area contributed by atoms with Crippen LogP contribution in [0.4, 0.5) is 0 Å². The Balaban J connectivity index is 1.63. The molecule has 4 heteroatoms. The van der Waals surface area contributed by atoms with Gasteiger partial charge in [0, 0.05) is 25.4 Å². The van der Waals surface area contributed by atoms with Gasteiger partial charge in [-0.25, -0.2) is 0 Å². The summed E-state index contributed by atoms with van der Waals surface area (Å²) in [5.41, 5.74) is 2.29. The molecule has 20 heavy (non-hydrogen) atoms. The van der Waals surface area contributed by atoms with Crippen molar-refractivity contribution in [2.24, 2.45) is 11.8 Å². The predicted octanol–water partition coefficient (Wildman–Crippen LogP) is 1.77. The summed E-state index contributed by atoms with van der Waals surface area (Å²) in [4.78, 5) is 23.3. The van der Waals surface area contributed by atoms with Gasteiger partial charge >= 0.3 is 0 Å². The molecule has 0 spiro atoms.